The minimum atomic E-state index is -0.743. The Balaban J connectivity index is 2.22. The van der Waals surface area contributed by atoms with Crippen LogP contribution in [0.5, 0.6) is 0 Å². The van der Waals surface area contributed by atoms with Crippen LogP contribution in [-0.4, -0.2) is 36.4 Å². The number of carboxylic acid groups (broad SMARTS) is 1. The SMILES string of the molecule is COC1CC(NC(C)C(C)C(=O)O)C1. The third-order valence-corrected chi connectivity index (χ3v) is 3.07. The first-order valence-corrected chi connectivity index (χ1v) is 5.06. The molecule has 1 fully saturated rings. The van der Waals surface area contributed by atoms with Gasteiger partial charge in [0.05, 0.1) is 12.0 Å². The Labute approximate surface area is 84.6 Å². The van der Waals surface area contributed by atoms with Gasteiger partial charge in [0.25, 0.3) is 0 Å². The Morgan fingerprint density at radius 2 is 2.07 bits per heavy atom. The second-order valence-corrected chi connectivity index (χ2v) is 4.11. The van der Waals surface area contributed by atoms with E-state index in [9.17, 15) is 4.79 Å². The second-order valence-electron chi connectivity index (χ2n) is 4.11. The zero-order chi connectivity index (χ0) is 10.7. The molecule has 1 saturated carbocycles. The third-order valence-electron chi connectivity index (χ3n) is 3.07. The minimum Gasteiger partial charge on any atom is -0.481 e. The average molecular weight is 201 g/mol. The van der Waals surface area contributed by atoms with Crippen LogP contribution in [0.15, 0.2) is 0 Å². The molecular formula is C10H19NO3. The van der Waals surface area contributed by atoms with Crippen molar-refractivity contribution in [1.82, 2.24) is 5.32 Å². The first-order chi connectivity index (χ1) is 6.54. The van der Waals surface area contributed by atoms with Crippen LogP contribution in [0, 0.1) is 5.92 Å². The van der Waals surface area contributed by atoms with Gasteiger partial charge in [-0.05, 0) is 19.8 Å². The minimum absolute atomic E-state index is 0.0234. The Hall–Kier alpha value is -0.610. The van der Waals surface area contributed by atoms with Crippen molar-refractivity contribution < 1.29 is 14.6 Å². The monoisotopic (exact) mass is 201 g/mol. The van der Waals surface area contributed by atoms with Crippen LogP contribution in [0.4, 0.5) is 0 Å². The highest BCUT2D eigenvalue weighted by Gasteiger charge is 2.31. The van der Waals surface area contributed by atoms with Crippen molar-refractivity contribution in [3.8, 4) is 0 Å². The molecule has 0 aliphatic heterocycles. The number of hydrogen-bond acceptors (Lipinski definition) is 3. The summed E-state index contributed by atoms with van der Waals surface area (Å²) in [5.41, 5.74) is 0. The Morgan fingerprint density at radius 1 is 1.50 bits per heavy atom. The maximum atomic E-state index is 10.7. The van der Waals surface area contributed by atoms with Crippen LogP contribution in [0.3, 0.4) is 0 Å². The standard InChI is InChI=1S/C10H19NO3/c1-6(10(12)13)7(2)11-8-4-9(5-8)14-3/h6-9,11H,4-5H2,1-3H3,(H,12,13). The third kappa shape index (κ3) is 2.69. The van der Waals surface area contributed by atoms with Crippen molar-refractivity contribution in [2.75, 3.05) is 7.11 Å². The predicted molar refractivity (Wildman–Crippen MR) is 53.2 cm³/mol. The van der Waals surface area contributed by atoms with Crippen molar-refractivity contribution in [2.45, 2.75) is 44.9 Å². The van der Waals surface area contributed by atoms with Crippen LogP contribution < -0.4 is 5.32 Å². The van der Waals surface area contributed by atoms with E-state index in [-0.39, 0.29) is 12.0 Å². The molecule has 1 rings (SSSR count). The molecule has 0 aromatic rings. The average Bonchev–Trinajstić information content (AvgIpc) is 2.08. The number of rotatable bonds is 5. The van der Waals surface area contributed by atoms with Crippen LogP contribution in [0.2, 0.25) is 0 Å². The molecule has 0 saturated heterocycles. The summed E-state index contributed by atoms with van der Waals surface area (Å²) < 4.78 is 5.15. The normalized spacial score (nSPS) is 30.5. The van der Waals surface area contributed by atoms with Crippen molar-refractivity contribution in [3.05, 3.63) is 0 Å². The zero-order valence-corrected chi connectivity index (χ0v) is 8.99. The number of ether oxygens (including phenoxy) is 1. The summed E-state index contributed by atoms with van der Waals surface area (Å²) in [5.74, 6) is -1.08. The molecule has 4 heteroatoms. The van der Waals surface area contributed by atoms with E-state index in [0.717, 1.165) is 12.8 Å². The van der Waals surface area contributed by atoms with Crippen LogP contribution in [0.25, 0.3) is 0 Å². The van der Waals surface area contributed by atoms with Gasteiger partial charge in [0, 0.05) is 19.2 Å². The summed E-state index contributed by atoms with van der Waals surface area (Å²) in [7, 11) is 1.71. The highest BCUT2D eigenvalue weighted by molar-refractivity contribution is 5.70. The molecule has 82 valence electrons. The Morgan fingerprint density at radius 3 is 2.50 bits per heavy atom. The number of nitrogens with one attached hydrogen (secondary N) is 1. The van der Waals surface area contributed by atoms with Gasteiger partial charge in [-0.25, -0.2) is 0 Å². The molecule has 1 aliphatic rings. The van der Waals surface area contributed by atoms with Crippen molar-refractivity contribution in [2.24, 2.45) is 5.92 Å². The lowest BCUT2D eigenvalue weighted by molar-refractivity contribution is -0.142. The quantitative estimate of drug-likeness (QED) is 0.692. The lowest BCUT2D eigenvalue weighted by Crippen LogP contribution is -2.50. The van der Waals surface area contributed by atoms with Gasteiger partial charge in [-0.2, -0.15) is 0 Å². The fourth-order valence-electron chi connectivity index (χ4n) is 1.62. The molecule has 0 amide bonds. The van der Waals surface area contributed by atoms with Gasteiger partial charge < -0.3 is 15.2 Å². The van der Waals surface area contributed by atoms with E-state index in [1.54, 1.807) is 14.0 Å². The van der Waals surface area contributed by atoms with Gasteiger partial charge >= 0.3 is 5.97 Å². The fraction of sp³-hybridized carbons (Fsp3) is 0.900. The van der Waals surface area contributed by atoms with Gasteiger partial charge in [-0.3, -0.25) is 4.79 Å². The lowest BCUT2D eigenvalue weighted by Gasteiger charge is -2.37. The molecule has 14 heavy (non-hydrogen) atoms. The van der Waals surface area contributed by atoms with Crippen LogP contribution >= 0.6 is 0 Å². The first-order valence-electron chi connectivity index (χ1n) is 5.06. The lowest BCUT2D eigenvalue weighted by atomic mass is 9.87. The van der Waals surface area contributed by atoms with E-state index in [2.05, 4.69) is 5.32 Å². The number of hydrogen-bond donors (Lipinski definition) is 2. The molecule has 0 heterocycles. The van der Waals surface area contributed by atoms with E-state index in [4.69, 9.17) is 9.84 Å². The fourth-order valence-corrected chi connectivity index (χ4v) is 1.62. The molecule has 0 aromatic carbocycles. The van der Waals surface area contributed by atoms with E-state index < -0.39 is 5.97 Å². The summed E-state index contributed by atoms with van der Waals surface area (Å²) in [4.78, 5) is 10.7. The number of carbonyl (C=O) groups is 1. The predicted octanol–water partition coefficient (Wildman–Crippen LogP) is 0.863. The van der Waals surface area contributed by atoms with Gasteiger partial charge in [0.15, 0.2) is 0 Å². The Kier molecular flexibility index (Phi) is 3.89. The summed E-state index contributed by atoms with van der Waals surface area (Å²) in [6, 6.07) is 0.451. The topological polar surface area (TPSA) is 58.6 Å². The Bertz CT molecular complexity index is 202. The van der Waals surface area contributed by atoms with Gasteiger partial charge in [-0.1, -0.05) is 6.92 Å². The largest absolute Gasteiger partial charge is 0.481 e. The summed E-state index contributed by atoms with van der Waals surface area (Å²) in [6.45, 7) is 3.64. The highest BCUT2D eigenvalue weighted by atomic mass is 16.5. The van der Waals surface area contributed by atoms with E-state index in [0.29, 0.717) is 12.1 Å². The van der Waals surface area contributed by atoms with Gasteiger partial charge in [0.2, 0.25) is 0 Å². The van der Waals surface area contributed by atoms with E-state index >= 15 is 0 Å². The van der Waals surface area contributed by atoms with E-state index in [1.165, 1.54) is 0 Å². The first kappa shape index (κ1) is 11.5. The number of aliphatic carboxylic acids is 1. The van der Waals surface area contributed by atoms with E-state index in [1.807, 2.05) is 6.92 Å². The number of methoxy groups -OCH3 is 1. The molecular weight excluding hydrogens is 182 g/mol. The summed E-state index contributed by atoms with van der Waals surface area (Å²) in [6.07, 6.45) is 2.35. The maximum absolute atomic E-state index is 10.7. The summed E-state index contributed by atoms with van der Waals surface area (Å²) >= 11 is 0. The number of carboxylic acids is 1. The smallest absolute Gasteiger partial charge is 0.307 e. The summed E-state index contributed by atoms with van der Waals surface area (Å²) in [5, 5.41) is 12.1. The molecule has 2 N–H and O–H groups in total. The van der Waals surface area contributed by atoms with Crippen molar-refractivity contribution in [3.63, 3.8) is 0 Å². The highest BCUT2D eigenvalue weighted by Crippen LogP contribution is 2.23. The van der Waals surface area contributed by atoms with Gasteiger partial charge in [0.1, 0.15) is 0 Å². The second kappa shape index (κ2) is 4.75. The maximum Gasteiger partial charge on any atom is 0.307 e. The molecule has 0 bridgehead atoms. The van der Waals surface area contributed by atoms with Crippen molar-refractivity contribution >= 4 is 5.97 Å². The van der Waals surface area contributed by atoms with Crippen LogP contribution in [-0.2, 0) is 9.53 Å². The molecule has 0 spiro atoms. The molecule has 0 radical (unpaired) electrons. The molecule has 2 atom stereocenters. The molecule has 1 aliphatic carbocycles. The van der Waals surface area contributed by atoms with Crippen molar-refractivity contribution in [1.29, 1.82) is 0 Å². The zero-order valence-electron chi connectivity index (χ0n) is 8.99. The molecule has 4 nitrogen and oxygen atoms in total. The van der Waals surface area contributed by atoms with Crippen LogP contribution in [0.1, 0.15) is 26.7 Å². The molecule has 0 aromatic heterocycles. The molecule has 2 unspecified atom stereocenters. The van der Waals surface area contributed by atoms with Gasteiger partial charge in [-0.15, -0.1) is 0 Å².